The van der Waals surface area contributed by atoms with Crippen LogP contribution in [0.1, 0.15) is 31.4 Å². The molecule has 0 bridgehead atoms. The van der Waals surface area contributed by atoms with Gasteiger partial charge in [-0.15, -0.1) is 0 Å². The summed E-state index contributed by atoms with van der Waals surface area (Å²) in [6.07, 6.45) is 1.10. The molecule has 2 unspecified atom stereocenters. The first kappa shape index (κ1) is 17.4. The largest absolute Gasteiger partial charge is 0.342 e. The third-order valence-electron chi connectivity index (χ3n) is 5.75. The standard InChI is InChI=1S/C20H31N3O/c1-16-7-4-5-8-19(16)14-21-13-17(2)20(15-21)23-10-6-9-22(11-12-23)18(3)24/h4-5,7-8,17,20H,6,9-15H2,1-3H3. The fraction of sp³-hybridized carbons (Fsp3) is 0.650. The molecule has 0 aliphatic carbocycles. The van der Waals surface area contributed by atoms with Crippen molar-refractivity contribution in [1.29, 1.82) is 0 Å². The second-order valence-corrected chi connectivity index (χ2v) is 7.56. The molecule has 2 heterocycles. The van der Waals surface area contributed by atoms with Gasteiger partial charge in [-0.1, -0.05) is 31.2 Å². The predicted molar refractivity (Wildman–Crippen MR) is 97.9 cm³/mol. The topological polar surface area (TPSA) is 26.8 Å². The second-order valence-electron chi connectivity index (χ2n) is 7.56. The third-order valence-corrected chi connectivity index (χ3v) is 5.75. The van der Waals surface area contributed by atoms with Crippen molar-refractivity contribution in [3.05, 3.63) is 35.4 Å². The highest BCUT2D eigenvalue weighted by Crippen LogP contribution is 2.25. The van der Waals surface area contributed by atoms with Crippen molar-refractivity contribution in [2.75, 3.05) is 39.3 Å². The van der Waals surface area contributed by atoms with Gasteiger partial charge in [0.2, 0.25) is 5.91 Å². The molecule has 132 valence electrons. The minimum atomic E-state index is 0.220. The summed E-state index contributed by atoms with van der Waals surface area (Å²) in [5, 5.41) is 0. The maximum atomic E-state index is 11.6. The fourth-order valence-electron chi connectivity index (χ4n) is 4.26. The lowest BCUT2D eigenvalue weighted by atomic mass is 10.0. The summed E-state index contributed by atoms with van der Waals surface area (Å²) < 4.78 is 0. The SMILES string of the molecule is CC(=O)N1CCCN(C2CN(Cc3ccccc3C)CC2C)CC1. The molecule has 0 spiro atoms. The second kappa shape index (κ2) is 7.66. The number of carbonyl (C=O) groups excluding carboxylic acids is 1. The Bertz CT molecular complexity index is 574. The van der Waals surface area contributed by atoms with Gasteiger partial charge in [-0.05, 0) is 30.4 Å². The molecule has 1 aromatic rings. The normalized spacial score (nSPS) is 26.5. The van der Waals surface area contributed by atoms with E-state index in [-0.39, 0.29) is 5.91 Å². The maximum Gasteiger partial charge on any atom is 0.219 e. The molecule has 4 nitrogen and oxygen atoms in total. The van der Waals surface area contributed by atoms with Crippen LogP contribution in [0.25, 0.3) is 0 Å². The fourth-order valence-corrected chi connectivity index (χ4v) is 4.26. The van der Waals surface area contributed by atoms with Gasteiger partial charge in [-0.3, -0.25) is 14.6 Å². The van der Waals surface area contributed by atoms with Crippen LogP contribution in [-0.2, 0) is 11.3 Å². The van der Waals surface area contributed by atoms with Gasteiger partial charge in [0, 0.05) is 58.8 Å². The molecule has 24 heavy (non-hydrogen) atoms. The van der Waals surface area contributed by atoms with Crippen LogP contribution in [0.2, 0.25) is 0 Å². The number of amides is 1. The average molecular weight is 329 g/mol. The molecule has 0 saturated carbocycles. The van der Waals surface area contributed by atoms with Gasteiger partial charge in [0.15, 0.2) is 0 Å². The van der Waals surface area contributed by atoms with E-state index in [1.54, 1.807) is 6.92 Å². The lowest BCUT2D eigenvalue weighted by molar-refractivity contribution is -0.128. The van der Waals surface area contributed by atoms with Gasteiger partial charge >= 0.3 is 0 Å². The van der Waals surface area contributed by atoms with Crippen LogP contribution in [0.3, 0.4) is 0 Å². The van der Waals surface area contributed by atoms with E-state index in [0.29, 0.717) is 12.0 Å². The lowest BCUT2D eigenvalue weighted by Crippen LogP contribution is -2.42. The molecule has 2 atom stereocenters. The number of likely N-dealkylation sites (tertiary alicyclic amines) is 1. The highest BCUT2D eigenvalue weighted by atomic mass is 16.2. The molecule has 2 aliphatic heterocycles. The Balaban J connectivity index is 1.59. The molecule has 2 fully saturated rings. The number of carbonyl (C=O) groups is 1. The van der Waals surface area contributed by atoms with Crippen molar-refractivity contribution < 1.29 is 4.79 Å². The van der Waals surface area contributed by atoms with Crippen LogP contribution in [0.15, 0.2) is 24.3 Å². The van der Waals surface area contributed by atoms with Gasteiger partial charge in [-0.25, -0.2) is 0 Å². The summed E-state index contributed by atoms with van der Waals surface area (Å²) in [6.45, 7) is 13.6. The molecule has 0 N–H and O–H groups in total. The maximum absolute atomic E-state index is 11.6. The van der Waals surface area contributed by atoms with Crippen molar-refractivity contribution in [2.45, 2.75) is 39.8 Å². The summed E-state index contributed by atoms with van der Waals surface area (Å²) in [4.78, 5) is 18.9. The van der Waals surface area contributed by atoms with Crippen molar-refractivity contribution >= 4 is 5.91 Å². The zero-order valence-corrected chi connectivity index (χ0v) is 15.4. The van der Waals surface area contributed by atoms with E-state index < -0.39 is 0 Å². The number of hydrogen-bond donors (Lipinski definition) is 0. The number of rotatable bonds is 3. The first-order valence-corrected chi connectivity index (χ1v) is 9.31. The predicted octanol–water partition coefficient (Wildman–Crippen LogP) is 2.37. The number of hydrogen-bond acceptors (Lipinski definition) is 3. The van der Waals surface area contributed by atoms with E-state index in [1.165, 1.54) is 17.7 Å². The average Bonchev–Trinajstić information content (AvgIpc) is 2.76. The summed E-state index contributed by atoms with van der Waals surface area (Å²) in [7, 11) is 0. The Labute approximate surface area is 146 Å². The molecule has 4 heteroatoms. The molecule has 2 saturated heterocycles. The quantitative estimate of drug-likeness (QED) is 0.852. The summed E-state index contributed by atoms with van der Waals surface area (Å²) in [5.74, 6) is 0.912. The van der Waals surface area contributed by atoms with Crippen LogP contribution >= 0.6 is 0 Å². The summed E-state index contributed by atoms with van der Waals surface area (Å²) in [6, 6.07) is 9.35. The molecule has 1 aromatic carbocycles. The molecule has 1 amide bonds. The zero-order valence-electron chi connectivity index (χ0n) is 15.4. The highest BCUT2D eigenvalue weighted by molar-refractivity contribution is 5.73. The van der Waals surface area contributed by atoms with Gasteiger partial charge in [0.1, 0.15) is 0 Å². The van der Waals surface area contributed by atoms with Crippen LogP contribution < -0.4 is 0 Å². The van der Waals surface area contributed by atoms with E-state index in [2.05, 4.69) is 47.9 Å². The van der Waals surface area contributed by atoms with Gasteiger partial charge in [0.05, 0.1) is 0 Å². The van der Waals surface area contributed by atoms with Crippen molar-refractivity contribution in [1.82, 2.24) is 14.7 Å². The minimum Gasteiger partial charge on any atom is -0.342 e. The molecule has 0 radical (unpaired) electrons. The Hall–Kier alpha value is -1.39. The van der Waals surface area contributed by atoms with Crippen molar-refractivity contribution in [3.8, 4) is 0 Å². The van der Waals surface area contributed by atoms with E-state index >= 15 is 0 Å². The summed E-state index contributed by atoms with van der Waals surface area (Å²) >= 11 is 0. The Morgan fingerprint density at radius 1 is 1.12 bits per heavy atom. The smallest absolute Gasteiger partial charge is 0.219 e. The zero-order chi connectivity index (χ0) is 17.1. The number of aryl methyl sites for hydroxylation is 1. The Kier molecular flexibility index (Phi) is 5.57. The number of nitrogens with zero attached hydrogens (tertiary/aromatic N) is 3. The summed E-state index contributed by atoms with van der Waals surface area (Å²) in [5.41, 5.74) is 2.84. The van der Waals surface area contributed by atoms with Crippen LogP contribution in [0.4, 0.5) is 0 Å². The first-order chi connectivity index (χ1) is 11.5. The molecule has 2 aliphatic rings. The van der Waals surface area contributed by atoms with Crippen LogP contribution in [0.5, 0.6) is 0 Å². The minimum absolute atomic E-state index is 0.220. The van der Waals surface area contributed by atoms with E-state index in [1.807, 2.05) is 4.90 Å². The molecule has 0 aromatic heterocycles. The van der Waals surface area contributed by atoms with E-state index in [0.717, 1.165) is 45.7 Å². The van der Waals surface area contributed by atoms with Crippen molar-refractivity contribution in [3.63, 3.8) is 0 Å². The number of benzene rings is 1. The molecular weight excluding hydrogens is 298 g/mol. The molecular formula is C20H31N3O. The highest BCUT2D eigenvalue weighted by Gasteiger charge is 2.34. The van der Waals surface area contributed by atoms with E-state index in [4.69, 9.17) is 0 Å². The van der Waals surface area contributed by atoms with Crippen LogP contribution in [-0.4, -0.2) is 65.9 Å². The Morgan fingerprint density at radius 3 is 2.67 bits per heavy atom. The van der Waals surface area contributed by atoms with Gasteiger partial charge in [0.25, 0.3) is 0 Å². The Morgan fingerprint density at radius 2 is 1.92 bits per heavy atom. The van der Waals surface area contributed by atoms with E-state index in [9.17, 15) is 4.79 Å². The lowest BCUT2D eigenvalue weighted by Gasteiger charge is -2.30. The molecule has 3 rings (SSSR count). The first-order valence-electron chi connectivity index (χ1n) is 9.31. The monoisotopic (exact) mass is 329 g/mol. The van der Waals surface area contributed by atoms with Gasteiger partial charge in [-0.2, -0.15) is 0 Å². The van der Waals surface area contributed by atoms with Crippen LogP contribution in [0, 0.1) is 12.8 Å². The third kappa shape index (κ3) is 3.98. The van der Waals surface area contributed by atoms with Crippen molar-refractivity contribution in [2.24, 2.45) is 5.92 Å². The van der Waals surface area contributed by atoms with Gasteiger partial charge < -0.3 is 4.90 Å².